The highest BCUT2D eigenvalue weighted by molar-refractivity contribution is 5.79. The smallest absolute Gasteiger partial charge is 0.293 e. The summed E-state index contributed by atoms with van der Waals surface area (Å²) in [6.45, 7) is 3.95. The molecule has 0 aliphatic carbocycles. The Labute approximate surface area is 209 Å². The van der Waals surface area contributed by atoms with E-state index < -0.39 is 6.61 Å². The van der Waals surface area contributed by atoms with Crippen LogP contribution in [0.3, 0.4) is 0 Å². The molecule has 1 aliphatic heterocycles. The fraction of sp³-hybridized carbons (Fsp3) is 0.480. The topological polar surface area (TPSA) is 132 Å². The van der Waals surface area contributed by atoms with Crippen LogP contribution in [0.2, 0.25) is 0 Å². The summed E-state index contributed by atoms with van der Waals surface area (Å²) >= 11 is 0. The summed E-state index contributed by atoms with van der Waals surface area (Å²) in [5, 5.41) is 12.4. The van der Waals surface area contributed by atoms with Gasteiger partial charge in [0.15, 0.2) is 11.5 Å². The maximum absolute atomic E-state index is 13.5. The summed E-state index contributed by atoms with van der Waals surface area (Å²) in [5.41, 5.74) is 2.47. The van der Waals surface area contributed by atoms with Crippen LogP contribution in [-0.4, -0.2) is 81.5 Å². The molecular weight excluding hydrogens is 464 g/mol. The van der Waals surface area contributed by atoms with Gasteiger partial charge in [-0.1, -0.05) is 6.92 Å². The van der Waals surface area contributed by atoms with E-state index in [-0.39, 0.29) is 23.3 Å². The zero-order chi connectivity index (χ0) is 25.5. The molecule has 0 spiro atoms. The monoisotopic (exact) mass is 496 g/mol. The number of carbonyl (C=O) groups excluding carboxylic acids is 1. The van der Waals surface area contributed by atoms with Gasteiger partial charge in [0, 0.05) is 61.9 Å². The maximum Gasteiger partial charge on any atom is 0.293 e. The van der Waals surface area contributed by atoms with E-state index in [2.05, 4.69) is 20.3 Å². The number of anilines is 1. The normalized spacial score (nSPS) is 14.2. The zero-order valence-electron chi connectivity index (χ0n) is 20.6. The number of aliphatic hydroxyl groups excluding tert-OH is 1. The molecule has 1 fully saturated rings. The first kappa shape index (κ1) is 25.5. The highest BCUT2D eigenvalue weighted by Gasteiger charge is 2.24. The lowest BCUT2D eigenvalue weighted by Gasteiger charge is -2.32. The van der Waals surface area contributed by atoms with Gasteiger partial charge in [-0.25, -0.2) is 15.0 Å². The number of aromatic nitrogens is 4. The van der Waals surface area contributed by atoms with Crippen molar-refractivity contribution >= 4 is 22.9 Å². The van der Waals surface area contributed by atoms with Crippen LogP contribution in [0.5, 0.6) is 5.88 Å². The molecular formula is C25H32N6O5. The Hall–Kier alpha value is -3.57. The second kappa shape index (κ2) is 11.9. The van der Waals surface area contributed by atoms with Gasteiger partial charge in [-0.3, -0.25) is 14.2 Å². The summed E-state index contributed by atoms with van der Waals surface area (Å²) in [7, 11) is 1.56. The number of hydrogen-bond donors (Lipinski definition) is 2. The second-order valence-electron chi connectivity index (χ2n) is 8.64. The third-order valence-electron chi connectivity index (χ3n) is 6.21. The number of nitrogens with zero attached hydrogens (tertiary/aromatic N) is 5. The van der Waals surface area contributed by atoms with Gasteiger partial charge in [-0.2, -0.15) is 0 Å². The van der Waals surface area contributed by atoms with Crippen molar-refractivity contribution in [3.05, 3.63) is 40.9 Å². The first-order valence-corrected chi connectivity index (χ1v) is 12.2. The minimum absolute atomic E-state index is 0.0140. The Balaban J connectivity index is 1.63. The van der Waals surface area contributed by atoms with Crippen molar-refractivity contribution in [3.63, 3.8) is 0 Å². The SMILES string of the molecule is CCCOCCn1c(=O)c(NC2CCN(C(=O)CO)CC2)nc2ncc(-c3ccc(OC)nc3)cc21. The molecule has 0 radical (unpaired) electrons. The maximum atomic E-state index is 13.5. The van der Waals surface area contributed by atoms with Crippen LogP contribution < -0.4 is 15.6 Å². The Bertz CT molecular complexity index is 1240. The number of nitrogens with one attached hydrogen (secondary N) is 1. The van der Waals surface area contributed by atoms with Crippen molar-refractivity contribution in [3.8, 4) is 17.0 Å². The molecule has 0 atom stereocenters. The Morgan fingerprint density at radius 2 is 1.94 bits per heavy atom. The lowest BCUT2D eigenvalue weighted by molar-refractivity contribution is -0.135. The minimum Gasteiger partial charge on any atom is -0.481 e. The van der Waals surface area contributed by atoms with E-state index in [9.17, 15) is 9.59 Å². The third kappa shape index (κ3) is 5.80. The van der Waals surface area contributed by atoms with Gasteiger partial charge in [-0.15, -0.1) is 0 Å². The summed E-state index contributed by atoms with van der Waals surface area (Å²) in [4.78, 5) is 40.2. The molecule has 0 aromatic carbocycles. The summed E-state index contributed by atoms with van der Waals surface area (Å²) in [6.07, 6.45) is 5.62. The van der Waals surface area contributed by atoms with Crippen LogP contribution in [0, 0.1) is 0 Å². The molecule has 3 aromatic heterocycles. The number of fused-ring (bicyclic) bond motifs is 1. The average Bonchev–Trinajstić information content (AvgIpc) is 2.92. The number of ether oxygens (including phenoxy) is 2. The Morgan fingerprint density at radius 1 is 1.17 bits per heavy atom. The first-order valence-electron chi connectivity index (χ1n) is 12.2. The molecule has 4 rings (SSSR count). The van der Waals surface area contributed by atoms with Gasteiger partial charge in [-0.05, 0) is 31.4 Å². The van der Waals surface area contributed by atoms with Crippen LogP contribution in [0.15, 0.2) is 35.4 Å². The average molecular weight is 497 g/mol. The fourth-order valence-electron chi connectivity index (χ4n) is 4.24. The Morgan fingerprint density at radius 3 is 2.61 bits per heavy atom. The van der Waals surface area contributed by atoms with Crippen LogP contribution in [0.25, 0.3) is 22.3 Å². The number of likely N-dealkylation sites (tertiary alicyclic amines) is 1. The quantitative estimate of drug-likeness (QED) is 0.402. The van der Waals surface area contributed by atoms with Crippen molar-refractivity contribution in [2.75, 3.05) is 45.3 Å². The summed E-state index contributed by atoms with van der Waals surface area (Å²) in [6, 6.07) is 5.54. The highest BCUT2D eigenvalue weighted by Crippen LogP contribution is 2.23. The van der Waals surface area contributed by atoms with Crippen molar-refractivity contribution in [1.29, 1.82) is 0 Å². The van der Waals surface area contributed by atoms with Crippen LogP contribution in [0.1, 0.15) is 26.2 Å². The molecule has 11 heteroatoms. The zero-order valence-corrected chi connectivity index (χ0v) is 20.6. The van der Waals surface area contributed by atoms with E-state index in [1.165, 1.54) is 0 Å². The van der Waals surface area contributed by atoms with E-state index in [0.717, 1.165) is 17.5 Å². The van der Waals surface area contributed by atoms with Gasteiger partial charge in [0.2, 0.25) is 11.8 Å². The molecule has 3 aromatic rings. The third-order valence-corrected chi connectivity index (χ3v) is 6.21. The molecule has 1 saturated heterocycles. The molecule has 0 unspecified atom stereocenters. The van der Waals surface area contributed by atoms with Gasteiger partial charge in [0.25, 0.3) is 5.56 Å². The number of methoxy groups -OCH3 is 1. The van der Waals surface area contributed by atoms with Crippen molar-refractivity contribution in [2.45, 2.75) is 38.8 Å². The molecule has 0 bridgehead atoms. The number of piperidine rings is 1. The van der Waals surface area contributed by atoms with Crippen LogP contribution in [0.4, 0.5) is 5.82 Å². The number of carbonyl (C=O) groups is 1. The predicted molar refractivity (Wildman–Crippen MR) is 135 cm³/mol. The predicted octanol–water partition coefficient (Wildman–Crippen LogP) is 1.68. The number of aliphatic hydroxyl groups is 1. The summed E-state index contributed by atoms with van der Waals surface area (Å²) < 4.78 is 12.5. The molecule has 36 heavy (non-hydrogen) atoms. The minimum atomic E-state index is -0.491. The van der Waals surface area contributed by atoms with E-state index in [0.29, 0.717) is 62.7 Å². The largest absolute Gasteiger partial charge is 0.481 e. The van der Waals surface area contributed by atoms with Gasteiger partial charge >= 0.3 is 0 Å². The van der Waals surface area contributed by atoms with Crippen molar-refractivity contribution in [1.82, 2.24) is 24.4 Å². The van der Waals surface area contributed by atoms with Crippen LogP contribution in [-0.2, 0) is 16.1 Å². The highest BCUT2D eigenvalue weighted by atomic mass is 16.5. The molecule has 11 nitrogen and oxygen atoms in total. The lowest BCUT2D eigenvalue weighted by Crippen LogP contribution is -2.44. The summed E-state index contributed by atoms with van der Waals surface area (Å²) in [5.74, 6) is 0.469. The molecule has 1 amide bonds. The molecule has 1 aliphatic rings. The first-order chi connectivity index (χ1) is 17.5. The van der Waals surface area contributed by atoms with E-state index in [1.54, 1.807) is 35.0 Å². The molecule has 192 valence electrons. The van der Waals surface area contributed by atoms with E-state index in [1.807, 2.05) is 19.1 Å². The van der Waals surface area contributed by atoms with E-state index >= 15 is 0 Å². The van der Waals surface area contributed by atoms with Gasteiger partial charge < -0.3 is 24.8 Å². The number of rotatable bonds is 10. The van der Waals surface area contributed by atoms with Crippen LogP contribution >= 0.6 is 0 Å². The van der Waals surface area contributed by atoms with Gasteiger partial charge in [0.05, 0.1) is 19.2 Å². The Kier molecular flexibility index (Phi) is 8.44. The molecule has 0 saturated carbocycles. The van der Waals surface area contributed by atoms with Gasteiger partial charge in [0.1, 0.15) is 6.61 Å². The lowest BCUT2D eigenvalue weighted by atomic mass is 10.1. The molecule has 2 N–H and O–H groups in total. The van der Waals surface area contributed by atoms with Crippen molar-refractivity contribution in [2.24, 2.45) is 0 Å². The molecule has 4 heterocycles. The number of hydrogen-bond acceptors (Lipinski definition) is 9. The number of amides is 1. The number of pyridine rings is 2. The second-order valence-corrected chi connectivity index (χ2v) is 8.64. The van der Waals surface area contributed by atoms with Crippen molar-refractivity contribution < 1.29 is 19.4 Å². The van der Waals surface area contributed by atoms with E-state index in [4.69, 9.17) is 14.6 Å². The standard InChI is InChI=1S/C25H32N6O5/c1-3-11-36-12-10-31-20-13-18(17-4-5-21(35-2)26-14-17)15-27-23(20)29-24(25(31)34)28-19-6-8-30(9-7-19)22(33)16-32/h4-5,13-15,19,32H,3,6-12,16H2,1-2H3,(H,27,28,29). The fourth-order valence-corrected chi connectivity index (χ4v) is 4.24.